The molecule has 0 saturated carbocycles. The van der Waals surface area contributed by atoms with Gasteiger partial charge in [0.2, 0.25) is 11.8 Å². The van der Waals surface area contributed by atoms with Crippen LogP contribution in [0.1, 0.15) is 65.3 Å². The highest BCUT2D eigenvalue weighted by molar-refractivity contribution is 6.19. The molecule has 0 fully saturated rings. The summed E-state index contributed by atoms with van der Waals surface area (Å²) < 4.78 is 2.19. The number of hydrogen-bond donors (Lipinski definition) is 0. The van der Waals surface area contributed by atoms with Crippen molar-refractivity contribution in [3.05, 3.63) is 59.4 Å². The highest BCUT2D eigenvalue weighted by Gasteiger charge is 2.35. The van der Waals surface area contributed by atoms with E-state index in [9.17, 15) is 9.59 Å². The first kappa shape index (κ1) is 28.0. The van der Waals surface area contributed by atoms with Crippen LogP contribution in [0.3, 0.4) is 0 Å². The van der Waals surface area contributed by atoms with Crippen LogP contribution in [0.4, 0.5) is 0 Å². The maximum atomic E-state index is 13.6. The molecule has 0 aliphatic heterocycles. The monoisotopic (exact) mass is 487 g/mol. The lowest BCUT2D eigenvalue weighted by atomic mass is 9.93. The number of carbonyl (C=O) groups is 2. The number of hydrogen-bond acceptors (Lipinski definition) is 2. The van der Waals surface area contributed by atoms with E-state index in [1.54, 1.807) is 4.90 Å². The molecule has 1 aromatic carbocycles. The smallest absolute Gasteiger partial charge is 0.242 e. The molecule has 0 N–H and O–H groups in total. The number of nitrogens with zero attached hydrogens (tertiary/aromatic N) is 3. The molecule has 188 valence electrons. The van der Waals surface area contributed by atoms with E-state index in [2.05, 4.69) is 61.9 Å². The average molecular weight is 488 g/mol. The van der Waals surface area contributed by atoms with Gasteiger partial charge in [-0.1, -0.05) is 43.7 Å². The van der Waals surface area contributed by atoms with Gasteiger partial charge in [0, 0.05) is 36.4 Å². The van der Waals surface area contributed by atoms with Gasteiger partial charge in [-0.25, -0.2) is 0 Å². The van der Waals surface area contributed by atoms with Gasteiger partial charge in [0.15, 0.2) is 0 Å². The third kappa shape index (κ3) is 7.63. The molecular formula is C28H42ClN3O2. The van der Waals surface area contributed by atoms with E-state index < -0.39 is 11.0 Å². The van der Waals surface area contributed by atoms with Crippen LogP contribution in [0.5, 0.6) is 0 Å². The largest absolute Gasteiger partial charge is 0.345 e. The molecule has 2 amide bonds. The molecule has 0 saturated heterocycles. The summed E-state index contributed by atoms with van der Waals surface area (Å²) in [6, 6.07) is 12.6. The Hall–Kier alpha value is -2.27. The van der Waals surface area contributed by atoms with E-state index in [1.807, 2.05) is 45.6 Å². The van der Waals surface area contributed by atoms with E-state index >= 15 is 0 Å². The van der Waals surface area contributed by atoms with Gasteiger partial charge in [-0.3, -0.25) is 9.59 Å². The van der Waals surface area contributed by atoms with Crippen molar-refractivity contribution >= 4 is 23.4 Å². The van der Waals surface area contributed by atoms with Crippen molar-refractivity contribution in [1.29, 1.82) is 0 Å². The van der Waals surface area contributed by atoms with Crippen molar-refractivity contribution in [1.82, 2.24) is 14.4 Å². The zero-order chi connectivity index (χ0) is 25.7. The second-order valence-corrected chi connectivity index (χ2v) is 11.6. The lowest BCUT2D eigenvalue weighted by molar-refractivity contribution is -0.148. The molecule has 0 unspecified atom stereocenters. The van der Waals surface area contributed by atoms with E-state index in [0.29, 0.717) is 13.1 Å². The van der Waals surface area contributed by atoms with Crippen molar-refractivity contribution in [2.45, 2.75) is 74.0 Å². The summed E-state index contributed by atoms with van der Waals surface area (Å²) in [4.78, 5) is 30.4. The zero-order valence-corrected chi connectivity index (χ0v) is 22.9. The van der Waals surface area contributed by atoms with Gasteiger partial charge in [-0.15, -0.1) is 11.6 Å². The lowest BCUT2D eigenvalue weighted by Gasteiger charge is -2.39. The lowest BCUT2D eigenvalue weighted by Crippen LogP contribution is -2.52. The van der Waals surface area contributed by atoms with Crippen LogP contribution in [0.2, 0.25) is 0 Å². The summed E-state index contributed by atoms with van der Waals surface area (Å²) in [6.45, 7) is 17.8. The molecule has 34 heavy (non-hydrogen) atoms. The first-order chi connectivity index (χ1) is 15.7. The number of aryl methyl sites for hydroxylation is 1. The Morgan fingerprint density at radius 2 is 1.74 bits per heavy atom. The molecule has 0 aliphatic carbocycles. The quantitative estimate of drug-likeness (QED) is 0.402. The molecule has 2 rings (SSSR count). The van der Waals surface area contributed by atoms with Gasteiger partial charge >= 0.3 is 0 Å². The second-order valence-electron chi connectivity index (χ2n) is 11.4. The number of rotatable bonds is 10. The summed E-state index contributed by atoms with van der Waals surface area (Å²) in [7, 11) is 0. The molecule has 0 bridgehead atoms. The van der Waals surface area contributed by atoms with Gasteiger partial charge in [-0.2, -0.15) is 0 Å². The molecule has 0 atom stereocenters. The maximum absolute atomic E-state index is 13.6. The molecular weight excluding hydrogens is 446 g/mol. The van der Waals surface area contributed by atoms with E-state index in [-0.39, 0.29) is 30.2 Å². The fourth-order valence-electron chi connectivity index (χ4n) is 4.01. The molecule has 1 aromatic heterocycles. The average Bonchev–Trinajstić information content (AvgIpc) is 3.16. The summed E-state index contributed by atoms with van der Waals surface area (Å²) in [6.07, 6.45) is 2.06. The number of carbonyl (C=O) groups excluding carboxylic acids is 2. The standard InChI is InChI=1S/C28H42ClN3O2/c1-21(2)16-31(26(34)28(7,8)20-29)19-25(33)32(27(4,5)6)18-24-13-10-14-30(24)17-23-12-9-11-22(3)15-23/h9-15,21H,16-20H2,1-8H3. The van der Waals surface area contributed by atoms with E-state index in [1.165, 1.54) is 11.1 Å². The van der Waals surface area contributed by atoms with Crippen molar-refractivity contribution in [3.8, 4) is 0 Å². The number of alkyl halides is 1. The van der Waals surface area contributed by atoms with Crippen molar-refractivity contribution in [3.63, 3.8) is 0 Å². The fraction of sp³-hybridized carbons (Fsp3) is 0.571. The third-order valence-electron chi connectivity index (χ3n) is 5.90. The van der Waals surface area contributed by atoms with Crippen LogP contribution in [-0.2, 0) is 22.7 Å². The van der Waals surface area contributed by atoms with Crippen LogP contribution in [-0.4, -0.2) is 50.7 Å². The van der Waals surface area contributed by atoms with Gasteiger partial charge in [0.05, 0.1) is 18.5 Å². The third-order valence-corrected chi connectivity index (χ3v) is 6.57. The van der Waals surface area contributed by atoms with Crippen LogP contribution in [0.25, 0.3) is 0 Å². The van der Waals surface area contributed by atoms with Gasteiger partial charge in [0.1, 0.15) is 0 Å². The zero-order valence-electron chi connectivity index (χ0n) is 22.2. The number of aromatic nitrogens is 1. The van der Waals surface area contributed by atoms with Crippen LogP contribution in [0, 0.1) is 18.3 Å². The highest BCUT2D eigenvalue weighted by Crippen LogP contribution is 2.24. The minimum atomic E-state index is -0.716. The number of benzene rings is 1. The molecule has 0 radical (unpaired) electrons. The Labute approximate surface area is 211 Å². The predicted octanol–water partition coefficient (Wildman–Crippen LogP) is 5.72. The molecule has 1 heterocycles. The second kappa shape index (κ2) is 11.4. The van der Waals surface area contributed by atoms with Gasteiger partial charge in [-0.05, 0) is 65.2 Å². The topological polar surface area (TPSA) is 45.6 Å². The molecule has 0 spiro atoms. The van der Waals surface area contributed by atoms with Crippen molar-refractivity contribution in [2.24, 2.45) is 11.3 Å². The Balaban J connectivity index is 2.27. The molecule has 0 aliphatic rings. The van der Waals surface area contributed by atoms with Crippen LogP contribution < -0.4 is 0 Å². The summed E-state index contributed by atoms with van der Waals surface area (Å²) in [5.41, 5.74) is 2.40. The molecule has 2 aromatic rings. The van der Waals surface area contributed by atoms with Crippen molar-refractivity contribution < 1.29 is 9.59 Å². The summed E-state index contributed by atoms with van der Waals surface area (Å²) in [5, 5.41) is 0. The Morgan fingerprint density at radius 3 is 2.29 bits per heavy atom. The van der Waals surface area contributed by atoms with Gasteiger partial charge in [0.25, 0.3) is 0 Å². The normalized spacial score (nSPS) is 12.2. The number of amides is 2. The Morgan fingerprint density at radius 1 is 1.06 bits per heavy atom. The number of halogens is 1. The fourth-order valence-corrected chi connectivity index (χ4v) is 4.12. The first-order valence-electron chi connectivity index (χ1n) is 12.1. The highest BCUT2D eigenvalue weighted by atomic mass is 35.5. The van der Waals surface area contributed by atoms with E-state index in [4.69, 9.17) is 11.6 Å². The Bertz CT molecular complexity index is 972. The van der Waals surface area contributed by atoms with E-state index in [0.717, 1.165) is 12.2 Å². The SMILES string of the molecule is Cc1cccc(Cn2cccc2CN(C(=O)CN(CC(C)C)C(=O)C(C)(C)CCl)C(C)(C)C)c1. The minimum Gasteiger partial charge on any atom is -0.345 e. The maximum Gasteiger partial charge on any atom is 0.242 e. The molecule has 5 nitrogen and oxygen atoms in total. The summed E-state index contributed by atoms with van der Waals surface area (Å²) in [5.74, 6) is 0.318. The predicted molar refractivity (Wildman–Crippen MR) is 141 cm³/mol. The summed E-state index contributed by atoms with van der Waals surface area (Å²) >= 11 is 6.08. The molecule has 6 heteroatoms. The first-order valence-corrected chi connectivity index (χ1v) is 12.6. The van der Waals surface area contributed by atoms with Crippen LogP contribution >= 0.6 is 11.6 Å². The van der Waals surface area contributed by atoms with Crippen molar-refractivity contribution in [2.75, 3.05) is 19.0 Å². The van der Waals surface area contributed by atoms with Gasteiger partial charge < -0.3 is 14.4 Å². The minimum absolute atomic E-state index is 0.0488. The van der Waals surface area contributed by atoms with Crippen LogP contribution in [0.15, 0.2) is 42.6 Å². The Kier molecular flexibility index (Phi) is 9.41.